The van der Waals surface area contributed by atoms with E-state index >= 15 is 0 Å². The second kappa shape index (κ2) is 3.75. The normalized spacial score (nSPS) is 11.9. The Hall–Kier alpha value is -1.32. The zero-order chi connectivity index (χ0) is 8.10. The van der Waals surface area contributed by atoms with Crippen molar-refractivity contribution in [3.8, 4) is 0 Å². The first-order valence-corrected chi connectivity index (χ1v) is 3.53. The summed E-state index contributed by atoms with van der Waals surface area (Å²) >= 11 is 0. The van der Waals surface area contributed by atoms with Crippen LogP contribution in [0, 0.1) is 0 Å². The molecule has 1 heterocycles. The maximum Gasteiger partial charge on any atom is 0.0906 e. The summed E-state index contributed by atoms with van der Waals surface area (Å²) in [6.07, 6.45) is 3.65. The Morgan fingerprint density at radius 1 is 1.73 bits per heavy atom. The van der Waals surface area contributed by atoms with Crippen LogP contribution in [0.3, 0.4) is 0 Å². The molecule has 1 aromatic heterocycles. The van der Waals surface area contributed by atoms with Crippen LogP contribution in [0.4, 0.5) is 0 Å². The largest absolute Gasteiger partial charge is 0.388 e. The van der Waals surface area contributed by atoms with Gasteiger partial charge in [0.15, 0.2) is 0 Å². The van der Waals surface area contributed by atoms with Crippen molar-refractivity contribution >= 4 is 5.84 Å². The summed E-state index contributed by atoms with van der Waals surface area (Å²) in [5.74, 6) is 0.622. The molecule has 0 saturated carbocycles. The Bertz CT molecular complexity index is 221. The van der Waals surface area contributed by atoms with Gasteiger partial charge in [0.25, 0.3) is 0 Å². The molecule has 0 radical (unpaired) electrons. The third-order valence-electron chi connectivity index (χ3n) is 1.25. The number of hydrogen-bond donors (Lipinski definition) is 1. The van der Waals surface area contributed by atoms with Crippen LogP contribution in [-0.2, 0) is 6.54 Å². The van der Waals surface area contributed by atoms with Gasteiger partial charge in [-0.1, -0.05) is 0 Å². The van der Waals surface area contributed by atoms with Gasteiger partial charge in [-0.15, -0.1) is 0 Å². The highest BCUT2D eigenvalue weighted by Crippen LogP contribution is 1.84. The lowest BCUT2D eigenvalue weighted by molar-refractivity contribution is 0.625. The maximum atomic E-state index is 5.35. The molecule has 1 rings (SSSR count). The van der Waals surface area contributed by atoms with Gasteiger partial charge in [0.1, 0.15) is 0 Å². The number of nitrogens with zero attached hydrogens (tertiary/aromatic N) is 3. The summed E-state index contributed by atoms with van der Waals surface area (Å²) in [6, 6.07) is 1.89. The van der Waals surface area contributed by atoms with Crippen molar-refractivity contribution in [1.82, 2.24) is 9.78 Å². The molecule has 4 nitrogen and oxygen atoms in total. The van der Waals surface area contributed by atoms with E-state index in [4.69, 9.17) is 5.73 Å². The standard InChI is InChI=1S/C7H12N4/c1-7(8)9-4-6-11-5-2-3-10-11/h2-3,5H,4,6H2,1H3,(H2,8,9). The van der Waals surface area contributed by atoms with Crippen molar-refractivity contribution in [2.24, 2.45) is 10.7 Å². The Kier molecular flexibility index (Phi) is 2.66. The van der Waals surface area contributed by atoms with Gasteiger partial charge in [0, 0.05) is 12.4 Å². The Morgan fingerprint density at radius 2 is 2.55 bits per heavy atom. The van der Waals surface area contributed by atoms with Crippen LogP contribution in [0.2, 0.25) is 0 Å². The fraction of sp³-hybridized carbons (Fsp3) is 0.429. The molecule has 0 aromatic carbocycles. The topological polar surface area (TPSA) is 56.2 Å². The van der Waals surface area contributed by atoms with E-state index in [0.29, 0.717) is 12.4 Å². The van der Waals surface area contributed by atoms with Crippen molar-refractivity contribution in [3.63, 3.8) is 0 Å². The molecule has 0 fully saturated rings. The maximum absolute atomic E-state index is 5.35. The average Bonchev–Trinajstić information content (AvgIpc) is 2.39. The zero-order valence-corrected chi connectivity index (χ0v) is 6.57. The first-order chi connectivity index (χ1) is 5.29. The van der Waals surface area contributed by atoms with Crippen LogP contribution in [0.15, 0.2) is 23.5 Å². The molecule has 0 unspecified atom stereocenters. The van der Waals surface area contributed by atoms with Crippen LogP contribution in [0.1, 0.15) is 6.92 Å². The number of rotatable bonds is 3. The Morgan fingerprint density at radius 3 is 3.09 bits per heavy atom. The van der Waals surface area contributed by atoms with E-state index in [1.807, 2.05) is 16.9 Å². The van der Waals surface area contributed by atoms with E-state index in [2.05, 4.69) is 10.1 Å². The van der Waals surface area contributed by atoms with E-state index in [9.17, 15) is 0 Å². The summed E-state index contributed by atoms with van der Waals surface area (Å²) in [4.78, 5) is 4.03. The molecule has 4 heteroatoms. The van der Waals surface area contributed by atoms with Crippen LogP contribution in [0.5, 0.6) is 0 Å². The molecule has 0 aliphatic carbocycles. The second-order valence-corrected chi connectivity index (χ2v) is 2.29. The molecule has 0 amide bonds. The van der Waals surface area contributed by atoms with Gasteiger partial charge in [-0.2, -0.15) is 5.10 Å². The molecule has 1 aromatic rings. The molecule has 0 aliphatic rings. The second-order valence-electron chi connectivity index (χ2n) is 2.29. The third-order valence-corrected chi connectivity index (χ3v) is 1.25. The van der Waals surface area contributed by atoms with Gasteiger partial charge in [0.2, 0.25) is 0 Å². The highest BCUT2D eigenvalue weighted by molar-refractivity contribution is 5.77. The summed E-state index contributed by atoms with van der Waals surface area (Å²) in [5, 5.41) is 4.02. The number of aliphatic imine (C=N–C) groups is 1. The number of hydrogen-bond acceptors (Lipinski definition) is 2. The Labute approximate surface area is 65.7 Å². The number of amidine groups is 1. The number of aromatic nitrogens is 2. The van der Waals surface area contributed by atoms with Gasteiger partial charge in [-0.3, -0.25) is 9.67 Å². The van der Waals surface area contributed by atoms with Crippen LogP contribution in [0.25, 0.3) is 0 Å². The van der Waals surface area contributed by atoms with Crippen molar-refractivity contribution in [2.75, 3.05) is 6.54 Å². The summed E-state index contributed by atoms with van der Waals surface area (Å²) < 4.78 is 1.83. The molecule has 0 saturated heterocycles. The average molecular weight is 152 g/mol. The lowest BCUT2D eigenvalue weighted by Crippen LogP contribution is -2.09. The Balaban J connectivity index is 2.30. The van der Waals surface area contributed by atoms with E-state index in [0.717, 1.165) is 6.54 Å². The molecule has 0 aliphatic heterocycles. The van der Waals surface area contributed by atoms with Crippen LogP contribution < -0.4 is 5.73 Å². The predicted octanol–water partition coefficient (Wildman–Crippen LogP) is 0.260. The molecule has 0 spiro atoms. The summed E-state index contributed by atoms with van der Waals surface area (Å²) in [7, 11) is 0. The van der Waals surface area contributed by atoms with Crippen LogP contribution >= 0.6 is 0 Å². The molecule has 0 atom stereocenters. The molecular formula is C7H12N4. The van der Waals surface area contributed by atoms with Gasteiger partial charge >= 0.3 is 0 Å². The minimum Gasteiger partial charge on any atom is -0.388 e. The zero-order valence-electron chi connectivity index (χ0n) is 6.57. The third kappa shape index (κ3) is 2.84. The van der Waals surface area contributed by atoms with Gasteiger partial charge in [0.05, 0.1) is 18.9 Å². The lowest BCUT2D eigenvalue weighted by Gasteiger charge is -1.96. The molecule has 2 N–H and O–H groups in total. The first kappa shape index (κ1) is 7.78. The van der Waals surface area contributed by atoms with Crippen molar-refractivity contribution in [3.05, 3.63) is 18.5 Å². The first-order valence-electron chi connectivity index (χ1n) is 3.53. The van der Waals surface area contributed by atoms with Crippen molar-refractivity contribution in [1.29, 1.82) is 0 Å². The highest BCUT2D eigenvalue weighted by Gasteiger charge is 1.87. The predicted molar refractivity (Wildman–Crippen MR) is 44.4 cm³/mol. The molecule has 60 valence electrons. The number of nitrogens with two attached hydrogens (primary N) is 1. The fourth-order valence-electron chi connectivity index (χ4n) is 0.762. The van der Waals surface area contributed by atoms with Gasteiger partial charge in [-0.25, -0.2) is 0 Å². The monoisotopic (exact) mass is 152 g/mol. The van der Waals surface area contributed by atoms with Crippen molar-refractivity contribution in [2.45, 2.75) is 13.5 Å². The molecule has 0 bridgehead atoms. The lowest BCUT2D eigenvalue weighted by atomic mass is 10.6. The minimum atomic E-state index is 0.622. The molecular weight excluding hydrogens is 140 g/mol. The summed E-state index contributed by atoms with van der Waals surface area (Å²) in [5.41, 5.74) is 5.35. The SMILES string of the molecule is CC(N)=NCCn1cccn1. The fourth-order valence-corrected chi connectivity index (χ4v) is 0.762. The van der Waals surface area contributed by atoms with Crippen molar-refractivity contribution < 1.29 is 0 Å². The highest BCUT2D eigenvalue weighted by atomic mass is 15.3. The quantitative estimate of drug-likeness (QED) is 0.499. The van der Waals surface area contributed by atoms with E-state index in [1.165, 1.54) is 0 Å². The molecule has 11 heavy (non-hydrogen) atoms. The summed E-state index contributed by atoms with van der Waals surface area (Å²) in [6.45, 7) is 3.27. The minimum absolute atomic E-state index is 0.622. The van der Waals surface area contributed by atoms with Gasteiger partial charge in [-0.05, 0) is 13.0 Å². The van der Waals surface area contributed by atoms with Crippen LogP contribution in [-0.4, -0.2) is 22.2 Å². The van der Waals surface area contributed by atoms with Gasteiger partial charge < -0.3 is 5.73 Å². The van der Waals surface area contributed by atoms with E-state index in [-0.39, 0.29) is 0 Å². The smallest absolute Gasteiger partial charge is 0.0906 e. The van der Waals surface area contributed by atoms with E-state index in [1.54, 1.807) is 13.1 Å². The van der Waals surface area contributed by atoms with E-state index < -0.39 is 0 Å².